The van der Waals surface area contributed by atoms with Crippen molar-refractivity contribution >= 4 is 17.8 Å². The number of hydrogen-bond acceptors (Lipinski definition) is 4. The van der Waals surface area contributed by atoms with Gasteiger partial charge in [-0.25, -0.2) is 0 Å². The number of carbonyl (C=O) groups excluding carboxylic acids is 1. The van der Waals surface area contributed by atoms with Crippen molar-refractivity contribution in [2.24, 2.45) is 10.7 Å². The number of aromatic nitrogens is 1. The van der Waals surface area contributed by atoms with Crippen molar-refractivity contribution in [3.63, 3.8) is 0 Å². The molecule has 0 atom stereocenters. The van der Waals surface area contributed by atoms with Crippen LogP contribution in [0.25, 0.3) is 5.70 Å². The summed E-state index contributed by atoms with van der Waals surface area (Å²) < 4.78 is 0. The topological polar surface area (TPSA) is 71.6 Å². The lowest BCUT2D eigenvalue weighted by Crippen LogP contribution is -2.36. The average Bonchev–Trinajstić information content (AvgIpc) is 3.09. The lowest BCUT2D eigenvalue weighted by Gasteiger charge is -2.30. The van der Waals surface area contributed by atoms with Gasteiger partial charge in [0.15, 0.2) is 0 Å². The molecule has 1 aliphatic carbocycles. The van der Waals surface area contributed by atoms with Crippen molar-refractivity contribution in [2.45, 2.75) is 58.0 Å². The highest BCUT2D eigenvalue weighted by molar-refractivity contribution is 5.99. The molecule has 5 heteroatoms. The van der Waals surface area contributed by atoms with Crippen molar-refractivity contribution in [2.75, 3.05) is 7.05 Å². The molecule has 1 fully saturated rings. The van der Waals surface area contributed by atoms with Crippen LogP contribution >= 0.6 is 0 Å². The predicted octanol–water partition coefficient (Wildman–Crippen LogP) is 4.27. The number of amides is 1. The lowest BCUT2D eigenvalue weighted by atomic mass is 9.94. The summed E-state index contributed by atoms with van der Waals surface area (Å²) in [5.41, 5.74) is 12.9. The van der Waals surface area contributed by atoms with Gasteiger partial charge in [0.05, 0.1) is 11.4 Å². The maximum absolute atomic E-state index is 13.1. The Balaban J connectivity index is 1.52. The van der Waals surface area contributed by atoms with Crippen molar-refractivity contribution in [3.8, 4) is 0 Å². The van der Waals surface area contributed by atoms with Crippen LogP contribution in [0, 0.1) is 6.92 Å². The molecule has 1 aromatic carbocycles. The number of pyridine rings is 1. The second-order valence-electron chi connectivity index (χ2n) is 8.42. The van der Waals surface area contributed by atoms with Gasteiger partial charge in [-0.05, 0) is 66.6 Å². The maximum atomic E-state index is 13.1. The molecule has 4 rings (SSSR count). The Morgan fingerprint density at radius 3 is 2.77 bits per heavy atom. The van der Waals surface area contributed by atoms with Gasteiger partial charge in [-0.15, -0.1) is 0 Å². The van der Waals surface area contributed by atoms with E-state index in [0.29, 0.717) is 11.7 Å². The lowest BCUT2D eigenvalue weighted by molar-refractivity contribution is 0.0660. The second kappa shape index (κ2) is 8.82. The molecule has 30 heavy (non-hydrogen) atoms. The zero-order valence-electron chi connectivity index (χ0n) is 17.9. The zero-order valence-corrected chi connectivity index (χ0v) is 17.9. The molecule has 0 radical (unpaired) electrons. The molecule has 1 aliphatic heterocycles. The first-order chi connectivity index (χ1) is 14.6. The largest absolute Gasteiger partial charge is 0.397 e. The summed E-state index contributed by atoms with van der Waals surface area (Å²) in [4.78, 5) is 23.6. The zero-order chi connectivity index (χ0) is 21.1. The predicted molar refractivity (Wildman–Crippen MR) is 122 cm³/mol. The van der Waals surface area contributed by atoms with Crippen LogP contribution in [0.1, 0.15) is 70.4 Å². The fourth-order valence-corrected chi connectivity index (χ4v) is 4.59. The number of allylic oxidation sites excluding steroid dienone is 1. The third-order valence-corrected chi connectivity index (χ3v) is 6.33. The van der Waals surface area contributed by atoms with E-state index < -0.39 is 0 Å². The fraction of sp³-hybridized carbons (Fsp3) is 0.400. The highest BCUT2D eigenvalue weighted by Crippen LogP contribution is 2.32. The Labute approximate surface area is 178 Å². The van der Waals surface area contributed by atoms with Crippen molar-refractivity contribution in [3.05, 3.63) is 70.0 Å². The molecule has 0 bridgehead atoms. The normalized spacial score (nSPS) is 17.7. The number of nitrogens with zero attached hydrogens (tertiary/aromatic N) is 3. The van der Waals surface area contributed by atoms with Gasteiger partial charge in [-0.2, -0.15) is 0 Å². The summed E-state index contributed by atoms with van der Waals surface area (Å²) in [6, 6.07) is 8.71. The number of nitrogens with two attached hydrogens (primary N) is 1. The Kier molecular flexibility index (Phi) is 5.98. The van der Waals surface area contributed by atoms with Gasteiger partial charge in [-0.3, -0.25) is 14.8 Å². The number of carbonyl (C=O) groups is 1. The summed E-state index contributed by atoms with van der Waals surface area (Å²) >= 11 is 0. The molecule has 1 saturated carbocycles. The van der Waals surface area contributed by atoms with Crippen LogP contribution in [0.2, 0.25) is 0 Å². The standard InChI is InChI=1S/C25H30N4O/c1-17-12-20-16-29(21-6-4-3-5-7-21)25(30)22(20)14-19(17)13-18-8-9-24(28-15-18)23(26)10-11-27-2/h8-12,14-15,21H,3-7,13,16,26H2,1-2H3. The number of benzene rings is 1. The Morgan fingerprint density at radius 2 is 2.07 bits per heavy atom. The molecule has 1 amide bonds. The molecule has 2 heterocycles. The van der Waals surface area contributed by atoms with Gasteiger partial charge >= 0.3 is 0 Å². The summed E-state index contributed by atoms with van der Waals surface area (Å²) in [5.74, 6) is 0.210. The van der Waals surface area contributed by atoms with Crippen LogP contribution in [0.15, 0.2) is 41.5 Å². The molecule has 0 saturated heterocycles. The van der Waals surface area contributed by atoms with Crippen molar-refractivity contribution in [1.82, 2.24) is 9.88 Å². The van der Waals surface area contributed by atoms with E-state index in [9.17, 15) is 4.79 Å². The Morgan fingerprint density at radius 1 is 1.27 bits per heavy atom. The van der Waals surface area contributed by atoms with E-state index in [4.69, 9.17) is 5.73 Å². The quantitative estimate of drug-likeness (QED) is 0.759. The van der Waals surface area contributed by atoms with Crippen LogP contribution in [0.4, 0.5) is 0 Å². The minimum atomic E-state index is 0.210. The molecular weight excluding hydrogens is 372 g/mol. The molecule has 0 spiro atoms. The third-order valence-electron chi connectivity index (χ3n) is 6.33. The molecule has 2 aliphatic rings. The van der Waals surface area contributed by atoms with Crippen LogP contribution in [-0.2, 0) is 13.0 Å². The molecule has 0 unspecified atom stereocenters. The molecule has 1 aromatic heterocycles. The fourth-order valence-electron chi connectivity index (χ4n) is 4.59. The minimum absolute atomic E-state index is 0.210. The van der Waals surface area contributed by atoms with Crippen molar-refractivity contribution < 1.29 is 4.79 Å². The molecule has 2 aromatic rings. The number of fused-ring (bicyclic) bond motifs is 1. The third kappa shape index (κ3) is 4.16. The van der Waals surface area contributed by atoms with Crippen molar-refractivity contribution in [1.29, 1.82) is 0 Å². The van der Waals surface area contributed by atoms with E-state index in [2.05, 4.69) is 40.0 Å². The second-order valence-corrected chi connectivity index (χ2v) is 8.42. The number of aryl methyl sites for hydroxylation is 1. The van der Waals surface area contributed by atoms with Gasteiger partial charge in [0.25, 0.3) is 5.91 Å². The maximum Gasteiger partial charge on any atom is 0.254 e. The number of hydrogen-bond donors (Lipinski definition) is 1. The highest BCUT2D eigenvalue weighted by atomic mass is 16.2. The van der Waals surface area contributed by atoms with Crippen LogP contribution in [0.3, 0.4) is 0 Å². The average molecular weight is 403 g/mol. The summed E-state index contributed by atoms with van der Waals surface area (Å²) in [5, 5.41) is 0. The van der Waals surface area contributed by atoms with Crippen LogP contribution < -0.4 is 5.73 Å². The van der Waals surface area contributed by atoms with E-state index in [1.165, 1.54) is 36.0 Å². The first-order valence-electron chi connectivity index (χ1n) is 10.8. The summed E-state index contributed by atoms with van der Waals surface area (Å²) in [6.45, 7) is 2.90. The smallest absolute Gasteiger partial charge is 0.254 e. The van der Waals surface area contributed by atoms with Crippen LogP contribution in [-0.4, -0.2) is 35.1 Å². The van der Waals surface area contributed by atoms with Gasteiger partial charge < -0.3 is 10.6 Å². The molecular formula is C25H30N4O. The molecule has 156 valence electrons. The summed E-state index contributed by atoms with van der Waals surface area (Å²) in [6.07, 6.45) is 12.1. The Bertz CT molecular complexity index is 985. The van der Waals surface area contributed by atoms with E-state index in [0.717, 1.165) is 42.6 Å². The van der Waals surface area contributed by atoms with E-state index in [1.807, 2.05) is 12.3 Å². The number of aliphatic imine (C=N–C) groups is 1. The van der Waals surface area contributed by atoms with Crippen LogP contribution in [0.5, 0.6) is 0 Å². The first-order valence-corrected chi connectivity index (χ1v) is 10.8. The number of rotatable bonds is 5. The Hall–Kier alpha value is -2.95. The van der Waals surface area contributed by atoms with E-state index >= 15 is 0 Å². The van der Waals surface area contributed by atoms with E-state index in [1.54, 1.807) is 19.3 Å². The molecule has 5 nitrogen and oxygen atoms in total. The van der Waals surface area contributed by atoms with E-state index in [-0.39, 0.29) is 5.91 Å². The molecule has 2 N–H and O–H groups in total. The highest BCUT2D eigenvalue weighted by Gasteiger charge is 2.33. The monoisotopic (exact) mass is 402 g/mol. The van der Waals surface area contributed by atoms with Gasteiger partial charge in [-0.1, -0.05) is 31.4 Å². The summed E-state index contributed by atoms with van der Waals surface area (Å²) in [7, 11) is 1.71. The first kappa shape index (κ1) is 20.3. The van der Waals surface area contributed by atoms with Gasteiger partial charge in [0, 0.05) is 37.6 Å². The SMILES string of the molecule is CN=CC=C(N)c1ccc(Cc2cc3c(cc2C)CN(C2CCCCC2)C3=O)cn1. The van der Waals surface area contributed by atoms with Gasteiger partial charge in [0.2, 0.25) is 0 Å². The van der Waals surface area contributed by atoms with Gasteiger partial charge in [0.1, 0.15) is 0 Å². The minimum Gasteiger partial charge on any atom is -0.397 e.